The van der Waals surface area contributed by atoms with E-state index in [4.69, 9.17) is 54.5 Å². The fourth-order valence-corrected chi connectivity index (χ4v) is 15.1. The number of hydrogen-bond donors (Lipinski definition) is 0. The summed E-state index contributed by atoms with van der Waals surface area (Å²) in [4.78, 5) is 13.8. The minimum atomic E-state index is -2.55. The fraction of sp³-hybridized carbons (Fsp3) is 0.763. The van der Waals surface area contributed by atoms with Gasteiger partial charge in [0.1, 0.15) is 24.4 Å². The number of benzene rings is 1. The predicted octanol–water partition coefficient (Wildman–Crippen LogP) is 6.67. The highest BCUT2D eigenvalue weighted by Gasteiger charge is 2.61. The molecule has 284 valence electrons. The molecule has 4 aliphatic rings. The molecule has 0 saturated carbocycles. The molecule has 13 heteroatoms. The van der Waals surface area contributed by atoms with Gasteiger partial charge in [-0.2, -0.15) is 5.26 Å². The van der Waals surface area contributed by atoms with Crippen molar-refractivity contribution in [3.05, 3.63) is 35.9 Å². The Hall–Kier alpha value is -2.15. The van der Waals surface area contributed by atoms with E-state index in [1.54, 1.807) is 38.5 Å². The molecule has 1 aromatic rings. The molecule has 51 heavy (non-hydrogen) atoms. The van der Waals surface area contributed by atoms with Crippen molar-refractivity contribution in [3.63, 3.8) is 0 Å². The molecule has 11 nitrogen and oxygen atoms in total. The van der Waals surface area contributed by atoms with Crippen LogP contribution in [0.2, 0.25) is 16.6 Å². The molecule has 4 saturated heterocycles. The highest BCUT2D eigenvalue weighted by atomic mass is 32.1. The van der Waals surface area contributed by atoms with Gasteiger partial charge >= 0.3 is 11.2 Å². The quantitative estimate of drug-likeness (QED) is 0.129. The van der Waals surface area contributed by atoms with Gasteiger partial charge in [0.05, 0.1) is 61.3 Å². The predicted molar refractivity (Wildman–Crippen MR) is 196 cm³/mol. The second kappa shape index (κ2) is 16.5. The minimum absolute atomic E-state index is 0.0544. The zero-order valence-electron chi connectivity index (χ0n) is 31.6. The van der Waals surface area contributed by atoms with Crippen molar-refractivity contribution in [1.82, 2.24) is 0 Å². The zero-order valence-corrected chi connectivity index (χ0v) is 33.4. The maximum atomic E-state index is 13.8. The van der Waals surface area contributed by atoms with Crippen LogP contribution < -0.4 is 0 Å². The lowest BCUT2D eigenvalue weighted by Gasteiger charge is -2.56. The maximum Gasteiger partial charge on any atom is 0.353 e. The molecular formula is C38H57NO10SSi. The van der Waals surface area contributed by atoms with Crippen LogP contribution in [0.5, 0.6) is 0 Å². The second-order valence-electron chi connectivity index (χ2n) is 15.7. The van der Waals surface area contributed by atoms with E-state index >= 15 is 0 Å². The van der Waals surface area contributed by atoms with Gasteiger partial charge in [-0.25, -0.2) is 4.79 Å². The lowest BCUT2D eigenvalue weighted by molar-refractivity contribution is -0.298. The molecule has 5 rings (SSSR count). The number of carbonyl (C=O) groups is 1. The number of ether oxygens (including phenoxy) is 8. The SMILES string of the molecule is COC[C@H]1O[C@H]2CC3(COC(=S)O3)C[C@H]3O[C@@](C)([C@@H](CC#N)O[Si](C(C)C)(C(C)C)C(C)C)[C@H](OC(=O)c4ccccc4)C[C@@H]3O[C@@H]2C[C@@H]1OC. The Balaban J connectivity index is 1.57. The third-order valence-electron chi connectivity index (χ3n) is 11.7. The van der Waals surface area contributed by atoms with E-state index in [2.05, 4.69) is 47.6 Å². The first-order chi connectivity index (χ1) is 24.2. The fourth-order valence-electron chi connectivity index (χ4n) is 9.19. The number of fused-ring (bicyclic) bond motifs is 2. The Bertz CT molecular complexity index is 1370. The molecule has 10 atom stereocenters. The Kier molecular flexibility index (Phi) is 12.9. The van der Waals surface area contributed by atoms with Crippen LogP contribution in [0.15, 0.2) is 30.3 Å². The number of carbonyl (C=O) groups excluding carboxylic acids is 1. The summed E-state index contributed by atoms with van der Waals surface area (Å²) in [5.74, 6) is -0.481. The van der Waals surface area contributed by atoms with Gasteiger partial charge in [0.2, 0.25) is 8.32 Å². The monoisotopic (exact) mass is 747 g/mol. The summed E-state index contributed by atoms with van der Waals surface area (Å²) in [6, 6.07) is 11.3. The molecule has 0 aromatic heterocycles. The lowest BCUT2D eigenvalue weighted by atomic mass is 9.77. The summed E-state index contributed by atoms with van der Waals surface area (Å²) in [5.41, 5.74) is -0.896. The highest BCUT2D eigenvalue weighted by Crippen LogP contribution is 2.49. The van der Waals surface area contributed by atoms with E-state index < -0.39 is 56.0 Å². The van der Waals surface area contributed by atoms with E-state index in [0.717, 1.165) is 0 Å². The molecule has 0 aliphatic carbocycles. The maximum absolute atomic E-state index is 13.8. The Morgan fingerprint density at radius 3 is 2.20 bits per heavy atom. The van der Waals surface area contributed by atoms with Gasteiger partial charge in [0, 0.05) is 52.1 Å². The van der Waals surface area contributed by atoms with Gasteiger partial charge in [-0.15, -0.1) is 0 Å². The summed E-state index contributed by atoms with van der Waals surface area (Å²) < 4.78 is 58.1. The number of nitrogens with zero attached hydrogens (tertiary/aromatic N) is 1. The van der Waals surface area contributed by atoms with Gasteiger partial charge < -0.3 is 42.3 Å². The van der Waals surface area contributed by atoms with Crippen molar-refractivity contribution < 1.29 is 47.1 Å². The summed E-state index contributed by atoms with van der Waals surface area (Å²) in [7, 11) is 0.753. The topological polar surface area (TPSA) is 124 Å². The van der Waals surface area contributed by atoms with Gasteiger partial charge in [-0.1, -0.05) is 59.7 Å². The first-order valence-electron chi connectivity index (χ1n) is 18.4. The van der Waals surface area contributed by atoms with Gasteiger partial charge in [0.15, 0.2) is 5.60 Å². The number of esters is 1. The van der Waals surface area contributed by atoms with Gasteiger partial charge in [-0.3, -0.25) is 0 Å². The van der Waals surface area contributed by atoms with Crippen LogP contribution >= 0.6 is 12.2 Å². The molecule has 4 fully saturated rings. The standard InChI is InChI=1S/C38H57NO10SSi/c1-23(2)51(24(3)4,25(5)6)49-33(15-16-39)37(7)34(46-35(40)26-13-11-10-12-14-26)18-29-31(47-37)20-38(22-43-36(50)48-38)19-30-28(44-29)17-27(42-9)32(45-30)21-41-8/h10-14,23-25,27-34H,15,17-22H2,1-9H3/t27-,28+,29-,30-,31+,32+,33+,34+,37-,38?/m0/s1. The van der Waals surface area contributed by atoms with E-state index in [-0.39, 0.29) is 53.2 Å². The van der Waals surface area contributed by atoms with E-state index in [0.29, 0.717) is 37.9 Å². The van der Waals surface area contributed by atoms with Crippen LogP contribution in [0.1, 0.15) is 90.9 Å². The highest BCUT2D eigenvalue weighted by molar-refractivity contribution is 7.79. The average Bonchev–Trinajstić information content (AvgIpc) is 3.44. The molecule has 4 heterocycles. The van der Waals surface area contributed by atoms with Crippen molar-refractivity contribution in [2.24, 2.45) is 0 Å². The molecule has 0 bridgehead atoms. The number of methoxy groups -OCH3 is 2. The molecule has 1 unspecified atom stereocenters. The van der Waals surface area contributed by atoms with Crippen LogP contribution in [0.25, 0.3) is 0 Å². The van der Waals surface area contributed by atoms with Gasteiger partial charge in [0.25, 0.3) is 0 Å². The van der Waals surface area contributed by atoms with Crippen LogP contribution in [0, 0.1) is 11.3 Å². The Morgan fingerprint density at radius 1 is 0.980 bits per heavy atom. The van der Waals surface area contributed by atoms with Crippen LogP contribution in [-0.2, 0) is 42.3 Å². The second-order valence-corrected chi connectivity index (χ2v) is 21.5. The number of thiocarbonyl (C=S) groups is 1. The van der Waals surface area contributed by atoms with E-state index in [1.807, 2.05) is 13.0 Å². The number of nitriles is 1. The largest absolute Gasteiger partial charge is 0.455 e. The molecule has 1 spiro atoms. The van der Waals surface area contributed by atoms with Crippen molar-refractivity contribution in [2.75, 3.05) is 27.4 Å². The summed E-state index contributed by atoms with van der Waals surface area (Å²) in [5, 5.41) is 10.4. The normalized spacial score (nSPS) is 34.6. The summed E-state index contributed by atoms with van der Waals surface area (Å²) in [6.07, 6.45) is -2.17. The summed E-state index contributed by atoms with van der Waals surface area (Å²) in [6.45, 7) is 15.8. The first kappa shape index (κ1) is 40.0. The smallest absolute Gasteiger partial charge is 0.353 e. The summed E-state index contributed by atoms with van der Waals surface area (Å²) >= 11 is 5.41. The number of hydrogen-bond acceptors (Lipinski definition) is 12. The lowest BCUT2D eigenvalue weighted by Crippen LogP contribution is -2.67. The minimum Gasteiger partial charge on any atom is -0.455 e. The third-order valence-corrected chi connectivity index (χ3v) is 18.0. The van der Waals surface area contributed by atoms with Gasteiger partial charge in [-0.05, 0) is 35.7 Å². The molecule has 0 radical (unpaired) electrons. The third kappa shape index (κ3) is 8.19. The van der Waals surface area contributed by atoms with Crippen molar-refractivity contribution >= 4 is 31.7 Å². The van der Waals surface area contributed by atoms with Crippen molar-refractivity contribution in [1.29, 1.82) is 5.26 Å². The van der Waals surface area contributed by atoms with E-state index in [9.17, 15) is 10.1 Å². The molecule has 0 N–H and O–H groups in total. The Morgan fingerprint density at radius 2 is 1.63 bits per heavy atom. The van der Waals surface area contributed by atoms with Crippen LogP contribution in [0.3, 0.4) is 0 Å². The van der Waals surface area contributed by atoms with Crippen LogP contribution in [-0.4, -0.2) is 107 Å². The van der Waals surface area contributed by atoms with Crippen LogP contribution in [0.4, 0.5) is 0 Å². The number of rotatable bonds is 12. The Labute approximate surface area is 310 Å². The van der Waals surface area contributed by atoms with Crippen molar-refractivity contribution in [3.8, 4) is 6.07 Å². The van der Waals surface area contributed by atoms with Crippen molar-refractivity contribution in [2.45, 2.75) is 157 Å². The average molecular weight is 748 g/mol. The van der Waals surface area contributed by atoms with E-state index in [1.165, 1.54) is 0 Å². The zero-order chi connectivity index (χ0) is 37.1. The first-order valence-corrected chi connectivity index (χ1v) is 20.9. The molecule has 4 aliphatic heterocycles. The molecule has 0 amide bonds. The molecule has 1 aromatic carbocycles. The molecular weight excluding hydrogens is 691 g/mol.